The molecule has 64 valence electrons. The minimum atomic E-state index is 0.866. The standard InChI is InChI=1S/C11H20/c1-4-6-11-8-10(5-2)7-9(11)3/h10-11H,3-8H2,1-2H3. The van der Waals surface area contributed by atoms with E-state index in [1.54, 1.807) is 0 Å². The zero-order chi connectivity index (χ0) is 8.27. The van der Waals surface area contributed by atoms with E-state index in [9.17, 15) is 0 Å². The Balaban J connectivity index is 2.38. The van der Waals surface area contributed by atoms with Crippen molar-refractivity contribution in [2.24, 2.45) is 11.8 Å². The van der Waals surface area contributed by atoms with Gasteiger partial charge in [0.2, 0.25) is 0 Å². The summed E-state index contributed by atoms with van der Waals surface area (Å²) in [5.41, 5.74) is 1.53. The molecule has 2 unspecified atom stereocenters. The summed E-state index contributed by atoms with van der Waals surface area (Å²) >= 11 is 0. The predicted octanol–water partition coefficient (Wildman–Crippen LogP) is 3.78. The van der Waals surface area contributed by atoms with Crippen molar-refractivity contribution in [1.82, 2.24) is 0 Å². The second-order valence-electron chi connectivity index (χ2n) is 3.86. The first-order valence-electron chi connectivity index (χ1n) is 4.95. The molecule has 0 aromatic rings. The van der Waals surface area contributed by atoms with Crippen molar-refractivity contribution in [3.05, 3.63) is 12.2 Å². The third-order valence-electron chi connectivity index (χ3n) is 2.96. The fraction of sp³-hybridized carbons (Fsp3) is 0.818. The molecule has 11 heavy (non-hydrogen) atoms. The molecule has 1 rings (SSSR count). The highest BCUT2D eigenvalue weighted by atomic mass is 14.3. The molecule has 0 bridgehead atoms. The Kier molecular flexibility index (Phi) is 3.16. The Morgan fingerprint density at radius 2 is 2.18 bits per heavy atom. The van der Waals surface area contributed by atoms with Gasteiger partial charge in [0.15, 0.2) is 0 Å². The molecule has 0 N–H and O–H groups in total. The van der Waals surface area contributed by atoms with Crippen LogP contribution in [0.2, 0.25) is 0 Å². The summed E-state index contributed by atoms with van der Waals surface area (Å²) < 4.78 is 0. The van der Waals surface area contributed by atoms with Crippen LogP contribution in [-0.4, -0.2) is 0 Å². The first-order chi connectivity index (χ1) is 5.27. The summed E-state index contributed by atoms with van der Waals surface area (Å²) in [7, 11) is 0. The third-order valence-corrected chi connectivity index (χ3v) is 2.96. The molecule has 1 fully saturated rings. The second-order valence-corrected chi connectivity index (χ2v) is 3.86. The first-order valence-corrected chi connectivity index (χ1v) is 4.95. The fourth-order valence-electron chi connectivity index (χ4n) is 2.17. The number of hydrogen-bond acceptors (Lipinski definition) is 0. The van der Waals surface area contributed by atoms with Crippen molar-refractivity contribution in [2.75, 3.05) is 0 Å². The van der Waals surface area contributed by atoms with E-state index < -0.39 is 0 Å². The molecule has 0 nitrogen and oxygen atoms in total. The van der Waals surface area contributed by atoms with Crippen LogP contribution < -0.4 is 0 Å². The normalized spacial score (nSPS) is 31.3. The quantitative estimate of drug-likeness (QED) is 0.540. The molecule has 1 aliphatic rings. The summed E-state index contributed by atoms with van der Waals surface area (Å²) in [5.74, 6) is 1.82. The van der Waals surface area contributed by atoms with E-state index in [0.717, 1.165) is 11.8 Å². The lowest BCUT2D eigenvalue weighted by Gasteiger charge is -2.08. The average molecular weight is 152 g/mol. The highest BCUT2D eigenvalue weighted by molar-refractivity contribution is 5.07. The SMILES string of the molecule is C=C1CC(CC)CC1CCC. The number of hydrogen-bond donors (Lipinski definition) is 0. The second kappa shape index (κ2) is 3.94. The molecule has 0 heterocycles. The minimum absolute atomic E-state index is 0.866. The van der Waals surface area contributed by atoms with E-state index in [2.05, 4.69) is 20.4 Å². The Morgan fingerprint density at radius 3 is 2.64 bits per heavy atom. The average Bonchev–Trinajstić information content (AvgIpc) is 2.33. The lowest BCUT2D eigenvalue weighted by Crippen LogP contribution is -1.95. The van der Waals surface area contributed by atoms with Gasteiger partial charge in [-0.2, -0.15) is 0 Å². The Bertz CT molecular complexity index is 135. The van der Waals surface area contributed by atoms with Crippen LogP contribution in [0.4, 0.5) is 0 Å². The van der Waals surface area contributed by atoms with Gasteiger partial charge >= 0.3 is 0 Å². The van der Waals surface area contributed by atoms with E-state index in [0.29, 0.717) is 0 Å². The van der Waals surface area contributed by atoms with Crippen LogP contribution in [0.1, 0.15) is 46.0 Å². The Labute approximate surface area is 70.7 Å². The van der Waals surface area contributed by atoms with Crippen molar-refractivity contribution in [3.8, 4) is 0 Å². The molecule has 0 aliphatic heterocycles. The first kappa shape index (κ1) is 8.83. The van der Waals surface area contributed by atoms with Gasteiger partial charge in [0.1, 0.15) is 0 Å². The summed E-state index contributed by atoms with van der Waals surface area (Å²) in [5, 5.41) is 0. The molecule has 1 aliphatic carbocycles. The highest BCUT2D eigenvalue weighted by Crippen LogP contribution is 2.38. The van der Waals surface area contributed by atoms with Crippen molar-refractivity contribution in [3.63, 3.8) is 0 Å². The van der Waals surface area contributed by atoms with E-state index >= 15 is 0 Å². The van der Waals surface area contributed by atoms with Crippen molar-refractivity contribution in [1.29, 1.82) is 0 Å². The van der Waals surface area contributed by atoms with E-state index in [4.69, 9.17) is 0 Å². The number of allylic oxidation sites excluding steroid dienone is 1. The van der Waals surface area contributed by atoms with Crippen LogP contribution in [0.25, 0.3) is 0 Å². The minimum Gasteiger partial charge on any atom is -0.0996 e. The maximum atomic E-state index is 4.15. The van der Waals surface area contributed by atoms with Gasteiger partial charge in [-0.15, -0.1) is 0 Å². The molecular weight excluding hydrogens is 132 g/mol. The molecule has 1 saturated carbocycles. The fourth-order valence-corrected chi connectivity index (χ4v) is 2.17. The summed E-state index contributed by atoms with van der Waals surface area (Å²) in [4.78, 5) is 0. The van der Waals surface area contributed by atoms with E-state index in [1.165, 1.54) is 37.7 Å². The van der Waals surface area contributed by atoms with Crippen LogP contribution in [-0.2, 0) is 0 Å². The summed E-state index contributed by atoms with van der Waals surface area (Å²) in [6, 6.07) is 0. The molecule has 0 radical (unpaired) electrons. The van der Waals surface area contributed by atoms with Gasteiger partial charge in [0, 0.05) is 0 Å². The third kappa shape index (κ3) is 2.08. The molecule has 0 aromatic carbocycles. The molecule has 0 amide bonds. The van der Waals surface area contributed by atoms with Crippen LogP contribution in [0.3, 0.4) is 0 Å². The monoisotopic (exact) mass is 152 g/mol. The van der Waals surface area contributed by atoms with Gasteiger partial charge in [-0.3, -0.25) is 0 Å². The largest absolute Gasteiger partial charge is 0.0996 e. The van der Waals surface area contributed by atoms with Crippen molar-refractivity contribution >= 4 is 0 Å². The Morgan fingerprint density at radius 1 is 1.45 bits per heavy atom. The van der Waals surface area contributed by atoms with E-state index in [-0.39, 0.29) is 0 Å². The predicted molar refractivity (Wildman–Crippen MR) is 50.6 cm³/mol. The van der Waals surface area contributed by atoms with Gasteiger partial charge in [-0.1, -0.05) is 38.8 Å². The van der Waals surface area contributed by atoms with Gasteiger partial charge in [-0.05, 0) is 31.1 Å². The van der Waals surface area contributed by atoms with Crippen LogP contribution in [0, 0.1) is 11.8 Å². The lowest BCUT2D eigenvalue weighted by molar-refractivity contribution is 0.466. The van der Waals surface area contributed by atoms with Crippen molar-refractivity contribution in [2.45, 2.75) is 46.0 Å². The molecule has 2 atom stereocenters. The maximum Gasteiger partial charge on any atom is -0.0203 e. The summed E-state index contributed by atoms with van der Waals surface area (Å²) in [6.45, 7) is 8.72. The topological polar surface area (TPSA) is 0 Å². The molecule has 0 spiro atoms. The van der Waals surface area contributed by atoms with Crippen LogP contribution in [0.5, 0.6) is 0 Å². The maximum absolute atomic E-state index is 4.15. The van der Waals surface area contributed by atoms with Crippen molar-refractivity contribution < 1.29 is 0 Å². The van der Waals surface area contributed by atoms with Gasteiger partial charge < -0.3 is 0 Å². The van der Waals surface area contributed by atoms with Gasteiger partial charge in [0.05, 0.1) is 0 Å². The number of rotatable bonds is 3. The molecule has 0 saturated heterocycles. The zero-order valence-corrected chi connectivity index (χ0v) is 7.90. The smallest absolute Gasteiger partial charge is 0.0203 e. The van der Waals surface area contributed by atoms with Crippen LogP contribution >= 0.6 is 0 Å². The highest BCUT2D eigenvalue weighted by Gasteiger charge is 2.25. The van der Waals surface area contributed by atoms with Gasteiger partial charge in [0.25, 0.3) is 0 Å². The molecule has 0 heteroatoms. The van der Waals surface area contributed by atoms with E-state index in [1.807, 2.05) is 0 Å². The zero-order valence-electron chi connectivity index (χ0n) is 7.90. The molecular formula is C11H20. The lowest BCUT2D eigenvalue weighted by atomic mass is 9.98. The van der Waals surface area contributed by atoms with Gasteiger partial charge in [-0.25, -0.2) is 0 Å². The summed E-state index contributed by atoms with van der Waals surface area (Å²) in [6.07, 6.45) is 6.76. The van der Waals surface area contributed by atoms with Crippen LogP contribution in [0.15, 0.2) is 12.2 Å². The molecule has 0 aromatic heterocycles. The Hall–Kier alpha value is -0.260.